The Balaban J connectivity index is 2.09. The summed E-state index contributed by atoms with van der Waals surface area (Å²) in [7, 11) is 1.61. The van der Waals surface area contributed by atoms with Crippen molar-refractivity contribution in [1.29, 1.82) is 0 Å². The first-order chi connectivity index (χ1) is 14.7. The van der Waals surface area contributed by atoms with Gasteiger partial charge in [0.15, 0.2) is 0 Å². The van der Waals surface area contributed by atoms with Crippen LogP contribution in [0.2, 0.25) is 0 Å². The van der Waals surface area contributed by atoms with Gasteiger partial charge in [-0.2, -0.15) is 0 Å². The third-order valence-corrected chi connectivity index (χ3v) is 4.75. The van der Waals surface area contributed by atoms with E-state index in [-0.39, 0.29) is 6.61 Å². The highest BCUT2D eigenvalue weighted by molar-refractivity contribution is 5.68. The van der Waals surface area contributed by atoms with E-state index < -0.39 is 29.9 Å². The van der Waals surface area contributed by atoms with E-state index in [1.165, 1.54) is 0 Å². The van der Waals surface area contributed by atoms with Crippen LogP contribution in [0.5, 0.6) is 5.75 Å². The van der Waals surface area contributed by atoms with Gasteiger partial charge in [-0.25, -0.2) is 4.79 Å². The van der Waals surface area contributed by atoms with Crippen molar-refractivity contribution >= 4 is 6.09 Å². The number of carbonyl (C=O) groups is 1. The smallest absolute Gasteiger partial charge is 0.407 e. The number of amides is 1. The number of hydrogen-bond acceptors (Lipinski definition) is 6. The monoisotopic (exact) mass is 430 g/mol. The lowest BCUT2D eigenvalue weighted by Gasteiger charge is -2.31. The van der Waals surface area contributed by atoms with Gasteiger partial charge >= 0.3 is 6.09 Å². The van der Waals surface area contributed by atoms with Crippen LogP contribution in [0.15, 0.2) is 54.6 Å². The third-order valence-electron chi connectivity index (χ3n) is 4.75. The summed E-state index contributed by atoms with van der Waals surface area (Å²) in [6.07, 6.45) is -1.27. The lowest BCUT2D eigenvalue weighted by Crippen LogP contribution is -2.55. The molecule has 170 valence electrons. The highest BCUT2D eigenvalue weighted by Crippen LogP contribution is 2.14. The zero-order valence-electron chi connectivity index (χ0n) is 18.7. The molecule has 4 N–H and O–H groups in total. The molecule has 31 heavy (non-hydrogen) atoms. The maximum atomic E-state index is 12.4. The largest absolute Gasteiger partial charge is 0.497 e. The van der Waals surface area contributed by atoms with Crippen molar-refractivity contribution in [2.45, 2.75) is 57.5 Å². The zero-order chi connectivity index (χ0) is 22.9. The molecule has 0 saturated heterocycles. The lowest BCUT2D eigenvalue weighted by molar-refractivity contribution is 0.0301. The number of benzene rings is 2. The van der Waals surface area contributed by atoms with E-state index in [0.29, 0.717) is 13.0 Å². The summed E-state index contributed by atoms with van der Waals surface area (Å²) < 4.78 is 10.5. The Morgan fingerprint density at radius 2 is 1.65 bits per heavy atom. The summed E-state index contributed by atoms with van der Waals surface area (Å²) in [4.78, 5) is 12.4. The number of rotatable bonds is 10. The molecule has 2 aromatic rings. The number of alkyl carbamates (subject to hydrolysis) is 1. The van der Waals surface area contributed by atoms with Crippen molar-refractivity contribution in [3.8, 4) is 5.75 Å². The second-order valence-electron chi connectivity index (χ2n) is 8.45. The second kappa shape index (κ2) is 11.7. The molecule has 0 aliphatic rings. The van der Waals surface area contributed by atoms with E-state index in [4.69, 9.17) is 9.47 Å². The molecule has 0 heterocycles. The van der Waals surface area contributed by atoms with Crippen LogP contribution < -0.4 is 15.4 Å². The molecule has 0 saturated carbocycles. The predicted molar refractivity (Wildman–Crippen MR) is 120 cm³/mol. The number of hydrogen-bond donors (Lipinski definition) is 4. The molecule has 7 heteroatoms. The summed E-state index contributed by atoms with van der Waals surface area (Å²) in [6, 6.07) is 15.8. The Hall–Kier alpha value is -2.61. The van der Waals surface area contributed by atoms with Gasteiger partial charge in [0, 0.05) is 6.54 Å². The molecule has 0 aliphatic heterocycles. The fourth-order valence-corrected chi connectivity index (χ4v) is 3.15. The summed E-state index contributed by atoms with van der Waals surface area (Å²) in [5, 5.41) is 26.9. The molecule has 7 nitrogen and oxygen atoms in total. The highest BCUT2D eigenvalue weighted by atomic mass is 16.6. The van der Waals surface area contributed by atoms with Crippen molar-refractivity contribution in [1.82, 2.24) is 10.6 Å². The number of ether oxygens (including phenoxy) is 2. The Labute approximate surface area is 184 Å². The number of aliphatic hydroxyl groups is 2. The van der Waals surface area contributed by atoms with Crippen LogP contribution in [-0.2, 0) is 17.7 Å². The van der Waals surface area contributed by atoms with Crippen LogP contribution in [0, 0.1) is 0 Å². The van der Waals surface area contributed by atoms with Gasteiger partial charge in [0.25, 0.3) is 0 Å². The Morgan fingerprint density at radius 3 is 2.19 bits per heavy atom. The normalized spacial score (nSPS) is 14.4. The Kier molecular flexibility index (Phi) is 9.30. The summed E-state index contributed by atoms with van der Waals surface area (Å²) in [5.74, 6) is 0.756. The Morgan fingerprint density at radius 1 is 1.00 bits per heavy atom. The van der Waals surface area contributed by atoms with E-state index in [0.717, 1.165) is 16.9 Å². The first kappa shape index (κ1) is 24.7. The van der Waals surface area contributed by atoms with Crippen molar-refractivity contribution in [3.05, 3.63) is 65.7 Å². The van der Waals surface area contributed by atoms with Crippen molar-refractivity contribution in [2.75, 3.05) is 13.7 Å². The molecule has 0 aromatic heterocycles. The zero-order valence-corrected chi connectivity index (χ0v) is 18.7. The third kappa shape index (κ3) is 8.57. The number of aliphatic hydroxyl groups excluding tert-OH is 2. The molecule has 1 amide bonds. The Bertz CT molecular complexity index is 790. The quantitative estimate of drug-likeness (QED) is 0.462. The van der Waals surface area contributed by atoms with Gasteiger partial charge in [0.05, 0.1) is 31.9 Å². The van der Waals surface area contributed by atoms with Crippen LogP contribution in [0.4, 0.5) is 4.79 Å². The van der Waals surface area contributed by atoms with Gasteiger partial charge in [-0.15, -0.1) is 0 Å². The van der Waals surface area contributed by atoms with Gasteiger partial charge < -0.3 is 30.3 Å². The van der Waals surface area contributed by atoms with Gasteiger partial charge in [0.2, 0.25) is 0 Å². The van der Waals surface area contributed by atoms with Gasteiger partial charge in [0.1, 0.15) is 11.4 Å². The molecule has 0 aliphatic carbocycles. The van der Waals surface area contributed by atoms with E-state index >= 15 is 0 Å². The van der Waals surface area contributed by atoms with Crippen LogP contribution in [0.3, 0.4) is 0 Å². The predicted octanol–water partition coefficient (Wildman–Crippen LogP) is 2.64. The molecular formula is C24H34N2O5. The van der Waals surface area contributed by atoms with Crippen molar-refractivity contribution in [2.24, 2.45) is 0 Å². The average molecular weight is 431 g/mol. The minimum absolute atomic E-state index is 0.293. The van der Waals surface area contributed by atoms with Crippen molar-refractivity contribution in [3.63, 3.8) is 0 Å². The topological polar surface area (TPSA) is 100 Å². The molecule has 3 atom stereocenters. The number of nitrogens with one attached hydrogen (secondary N) is 2. The fourth-order valence-electron chi connectivity index (χ4n) is 3.15. The van der Waals surface area contributed by atoms with Gasteiger partial charge in [-0.3, -0.25) is 0 Å². The van der Waals surface area contributed by atoms with Crippen LogP contribution in [-0.4, -0.2) is 53.8 Å². The standard InChI is InChI=1S/C24H34N2O5/c1-24(2,3)31-23(29)26-20(14-17-8-6-5-7-9-17)22(28)21(16-27)25-15-18-10-12-19(30-4)13-11-18/h5-13,20-22,25,27-28H,14-16H2,1-4H3,(H,26,29)/t20-,21+,22-/m1/s1. The molecule has 0 radical (unpaired) electrons. The number of methoxy groups -OCH3 is 1. The second-order valence-corrected chi connectivity index (χ2v) is 8.45. The summed E-state index contributed by atoms with van der Waals surface area (Å²) >= 11 is 0. The molecule has 0 unspecified atom stereocenters. The molecule has 0 fully saturated rings. The van der Waals surface area contributed by atoms with E-state index in [9.17, 15) is 15.0 Å². The van der Waals surface area contributed by atoms with Crippen molar-refractivity contribution < 1.29 is 24.5 Å². The van der Waals surface area contributed by atoms with Crippen LogP contribution >= 0.6 is 0 Å². The minimum atomic E-state index is -1.05. The van der Waals surface area contributed by atoms with E-state index in [1.807, 2.05) is 54.6 Å². The summed E-state index contributed by atoms with van der Waals surface area (Å²) in [6.45, 7) is 5.49. The average Bonchev–Trinajstić information content (AvgIpc) is 2.73. The van der Waals surface area contributed by atoms with E-state index in [2.05, 4.69) is 10.6 Å². The first-order valence-corrected chi connectivity index (χ1v) is 10.4. The van der Waals surface area contributed by atoms with Gasteiger partial charge in [-0.05, 0) is 50.5 Å². The van der Waals surface area contributed by atoms with Crippen LogP contribution in [0.25, 0.3) is 0 Å². The lowest BCUT2D eigenvalue weighted by atomic mass is 9.96. The maximum Gasteiger partial charge on any atom is 0.407 e. The van der Waals surface area contributed by atoms with Gasteiger partial charge in [-0.1, -0.05) is 42.5 Å². The first-order valence-electron chi connectivity index (χ1n) is 10.4. The molecular weight excluding hydrogens is 396 g/mol. The molecule has 0 spiro atoms. The maximum absolute atomic E-state index is 12.4. The molecule has 0 bridgehead atoms. The van der Waals surface area contributed by atoms with Crippen LogP contribution in [0.1, 0.15) is 31.9 Å². The SMILES string of the molecule is COc1ccc(CN[C@@H](CO)[C@H](O)[C@@H](Cc2ccccc2)NC(=O)OC(C)(C)C)cc1. The van der Waals surface area contributed by atoms with E-state index in [1.54, 1.807) is 27.9 Å². The highest BCUT2D eigenvalue weighted by Gasteiger charge is 2.30. The molecule has 2 rings (SSSR count). The molecule has 2 aromatic carbocycles. The summed E-state index contributed by atoms with van der Waals surface area (Å²) in [5.41, 5.74) is 1.27. The number of carbonyl (C=O) groups excluding carboxylic acids is 1. The fraction of sp³-hybridized carbons (Fsp3) is 0.458. The minimum Gasteiger partial charge on any atom is -0.497 e.